The van der Waals surface area contributed by atoms with Gasteiger partial charge in [-0.1, -0.05) is 20.8 Å². The predicted molar refractivity (Wildman–Crippen MR) is 85.5 cm³/mol. The van der Waals surface area contributed by atoms with E-state index in [1.54, 1.807) is 0 Å². The zero-order chi connectivity index (χ0) is 15.4. The largest absolute Gasteiger partial charge is 0.341 e. The molecule has 0 aliphatic carbocycles. The van der Waals surface area contributed by atoms with Crippen LogP contribution in [0.15, 0.2) is 0 Å². The van der Waals surface area contributed by atoms with Gasteiger partial charge in [0.05, 0.1) is 0 Å². The van der Waals surface area contributed by atoms with Gasteiger partial charge in [0.15, 0.2) is 4.77 Å². The minimum Gasteiger partial charge on any atom is -0.341 e. The van der Waals surface area contributed by atoms with Crippen LogP contribution in [0.2, 0.25) is 0 Å². The summed E-state index contributed by atoms with van der Waals surface area (Å²) in [4.78, 5) is 14.6. The topological polar surface area (TPSA) is 53.9 Å². The fraction of sp³-hybridized carbons (Fsp3) is 0.800. The average molecular weight is 310 g/mol. The maximum absolute atomic E-state index is 12.6. The molecule has 0 bridgehead atoms. The van der Waals surface area contributed by atoms with Gasteiger partial charge in [0.1, 0.15) is 12.4 Å². The third kappa shape index (κ3) is 4.15. The van der Waals surface area contributed by atoms with E-state index in [0.717, 1.165) is 38.2 Å². The van der Waals surface area contributed by atoms with Crippen LogP contribution < -0.4 is 0 Å². The van der Waals surface area contributed by atoms with E-state index in [1.165, 1.54) is 6.42 Å². The van der Waals surface area contributed by atoms with Gasteiger partial charge in [-0.2, -0.15) is 5.10 Å². The number of nitrogens with one attached hydrogen (secondary N) is 1. The third-order valence-corrected chi connectivity index (χ3v) is 4.50. The molecule has 1 saturated heterocycles. The summed E-state index contributed by atoms with van der Waals surface area (Å²) in [5.74, 6) is 2.31. The fourth-order valence-corrected chi connectivity index (χ4v) is 3.33. The Bertz CT molecular complexity index is 536. The van der Waals surface area contributed by atoms with Crippen molar-refractivity contribution in [2.24, 2.45) is 11.8 Å². The second-order valence-corrected chi connectivity index (χ2v) is 6.74. The van der Waals surface area contributed by atoms with Crippen LogP contribution in [0.5, 0.6) is 0 Å². The molecule has 0 spiro atoms. The van der Waals surface area contributed by atoms with Crippen molar-refractivity contribution in [1.29, 1.82) is 0 Å². The van der Waals surface area contributed by atoms with Gasteiger partial charge in [-0.3, -0.25) is 14.5 Å². The summed E-state index contributed by atoms with van der Waals surface area (Å²) < 4.78 is 2.39. The number of likely N-dealkylation sites (tertiary alicyclic amines) is 1. The molecule has 6 heteroatoms. The zero-order valence-electron chi connectivity index (χ0n) is 13.3. The Kier molecular flexibility index (Phi) is 5.56. The Labute approximate surface area is 131 Å². The number of H-pyrrole nitrogens is 1. The first-order chi connectivity index (χ1) is 10.0. The van der Waals surface area contributed by atoms with E-state index in [-0.39, 0.29) is 5.91 Å². The predicted octanol–water partition coefficient (Wildman–Crippen LogP) is 2.79. The molecule has 21 heavy (non-hydrogen) atoms. The van der Waals surface area contributed by atoms with Crippen LogP contribution in [-0.4, -0.2) is 38.7 Å². The van der Waals surface area contributed by atoms with Crippen LogP contribution in [0.1, 0.15) is 45.9 Å². The molecular formula is C15H26N4OS. The molecule has 0 aromatic carbocycles. The molecule has 5 nitrogen and oxygen atoms in total. The van der Waals surface area contributed by atoms with Crippen molar-refractivity contribution in [2.75, 3.05) is 13.1 Å². The summed E-state index contributed by atoms with van der Waals surface area (Å²) in [5, 5.41) is 7.03. The first-order valence-corrected chi connectivity index (χ1v) is 8.34. The van der Waals surface area contributed by atoms with Crippen LogP contribution in [0.3, 0.4) is 0 Å². The number of rotatable bonds is 4. The number of aromatic nitrogens is 3. The molecule has 1 N–H and O–H groups in total. The van der Waals surface area contributed by atoms with Crippen molar-refractivity contribution in [3.63, 3.8) is 0 Å². The number of hydrogen-bond acceptors (Lipinski definition) is 3. The Morgan fingerprint density at radius 1 is 1.43 bits per heavy atom. The molecule has 2 rings (SSSR count). The van der Waals surface area contributed by atoms with E-state index in [4.69, 9.17) is 12.2 Å². The van der Waals surface area contributed by atoms with E-state index in [0.29, 0.717) is 23.2 Å². The van der Waals surface area contributed by atoms with Crippen molar-refractivity contribution in [3.05, 3.63) is 10.6 Å². The highest BCUT2D eigenvalue weighted by atomic mass is 32.1. The van der Waals surface area contributed by atoms with E-state index >= 15 is 0 Å². The van der Waals surface area contributed by atoms with Crippen molar-refractivity contribution in [1.82, 2.24) is 19.7 Å². The lowest BCUT2D eigenvalue weighted by molar-refractivity contribution is -0.132. The summed E-state index contributed by atoms with van der Waals surface area (Å²) in [6.45, 7) is 8.63. The molecule has 1 aromatic rings. The van der Waals surface area contributed by atoms with Gasteiger partial charge in [-0.25, -0.2) is 0 Å². The third-order valence-electron chi connectivity index (χ3n) is 4.19. The Morgan fingerprint density at radius 2 is 2.19 bits per heavy atom. The van der Waals surface area contributed by atoms with Crippen LogP contribution in [0, 0.1) is 16.6 Å². The van der Waals surface area contributed by atoms with Crippen molar-refractivity contribution < 1.29 is 4.79 Å². The molecule has 1 aliphatic rings. The lowest BCUT2D eigenvalue weighted by atomic mass is 9.97. The van der Waals surface area contributed by atoms with Gasteiger partial charge in [-0.05, 0) is 43.3 Å². The Morgan fingerprint density at radius 3 is 2.90 bits per heavy atom. The summed E-state index contributed by atoms with van der Waals surface area (Å²) in [7, 11) is 0. The molecule has 0 saturated carbocycles. The molecule has 2 heterocycles. The molecule has 2 atom stereocenters. The Balaban J connectivity index is 2.07. The maximum Gasteiger partial charge on any atom is 0.242 e. The SMILES string of the molecule is CCCc1n[nH]c(=S)n1CC(=O)N1CC[C@H](C)C[C@H](C)C1. The summed E-state index contributed by atoms with van der Waals surface area (Å²) in [5.41, 5.74) is 0. The molecule has 1 amide bonds. The van der Waals surface area contributed by atoms with E-state index < -0.39 is 0 Å². The molecule has 118 valence electrons. The number of hydrogen-bond donors (Lipinski definition) is 1. The molecule has 1 fully saturated rings. The minimum atomic E-state index is 0.158. The fourth-order valence-electron chi connectivity index (χ4n) is 3.11. The maximum atomic E-state index is 12.6. The lowest BCUT2D eigenvalue weighted by Crippen LogP contribution is -2.36. The molecule has 1 aliphatic heterocycles. The van der Waals surface area contributed by atoms with Gasteiger partial charge in [-0.15, -0.1) is 0 Å². The van der Waals surface area contributed by atoms with Crippen molar-refractivity contribution in [2.45, 2.75) is 53.0 Å². The minimum absolute atomic E-state index is 0.158. The van der Waals surface area contributed by atoms with E-state index in [9.17, 15) is 4.79 Å². The molecule has 1 aromatic heterocycles. The van der Waals surface area contributed by atoms with Crippen LogP contribution >= 0.6 is 12.2 Å². The molecule has 0 unspecified atom stereocenters. The second-order valence-electron chi connectivity index (χ2n) is 6.36. The van der Waals surface area contributed by atoms with Crippen molar-refractivity contribution >= 4 is 18.1 Å². The van der Waals surface area contributed by atoms with Crippen LogP contribution in [0.25, 0.3) is 0 Å². The van der Waals surface area contributed by atoms with Gasteiger partial charge >= 0.3 is 0 Å². The van der Waals surface area contributed by atoms with E-state index in [1.807, 2.05) is 9.47 Å². The van der Waals surface area contributed by atoms with Gasteiger partial charge in [0.2, 0.25) is 5.91 Å². The summed E-state index contributed by atoms with van der Waals surface area (Å²) in [6.07, 6.45) is 4.13. The first kappa shape index (κ1) is 16.2. The molecule has 0 radical (unpaired) electrons. The lowest BCUT2D eigenvalue weighted by Gasteiger charge is -2.23. The normalized spacial score (nSPS) is 23.1. The number of aromatic amines is 1. The monoisotopic (exact) mass is 310 g/mol. The number of carbonyl (C=O) groups excluding carboxylic acids is 1. The zero-order valence-corrected chi connectivity index (χ0v) is 14.1. The number of amides is 1. The highest BCUT2D eigenvalue weighted by Gasteiger charge is 2.23. The average Bonchev–Trinajstić information content (AvgIpc) is 2.66. The van der Waals surface area contributed by atoms with E-state index in [2.05, 4.69) is 31.0 Å². The van der Waals surface area contributed by atoms with Crippen molar-refractivity contribution in [3.8, 4) is 0 Å². The Hall–Kier alpha value is -1.17. The van der Waals surface area contributed by atoms with Gasteiger partial charge in [0, 0.05) is 19.5 Å². The molecular weight excluding hydrogens is 284 g/mol. The number of nitrogens with zero attached hydrogens (tertiary/aromatic N) is 3. The quantitative estimate of drug-likeness (QED) is 0.870. The van der Waals surface area contributed by atoms with Gasteiger partial charge in [0.25, 0.3) is 0 Å². The number of aryl methyl sites for hydroxylation is 1. The standard InChI is InChI=1S/C15H26N4OS/c1-4-5-13-16-17-15(21)19(13)10-14(20)18-7-6-11(2)8-12(3)9-18/h11-12H,4-10H2,1-3H3,(H,17,21)/t11-,12-/m0/s1. The van der Waals surface area contributed by atoms with Crippen LogP contribution in [-0.2, 0) is 17.8 Å². The van der Waals surface area contributed by atoms with Gasteiger partial charge < -0.3 is 4.90 Å². The first-order valence-electron chi connectivity index (χ1n) is 7.93. The summed E-state index contributed by atoms with van der Waals surface area (Å²) in [6, 6.07) is 0. The number of carbonyl (C=O) groups is 1. The highest BCUT2D eigenvalue weighted by Crippen LogP contribution is 2.21. The highest BCUT2D eigenvalue weighted by molar-refractivity contribution is 7.71. The smallest absolute Gasteiger partial charge is 0.242 e. The second kappa shape index (κ2) is 7.20. The van der Waals surface area contributed by atoms with Crippen LogP contribution in [0.4, 0.5) is 0 Å². The summed E-state index contributed by atoms with van der Waals surface area (Å²) >= 11 is 5.25.